The Morgan fingerprint density at radius 1 is 1.38 bits per heavy atom. The molecule has 1 atom stereocenters. The molecule has 0 saturated carbocycles. The lowest BCUT2D eigenvalue weighted by Gasteiger charge is -2.27. The quantitative estimate of drug-likeness (QED) is 0.703. The number of hydrogen-bond acceptors (Lipinski definition) is 2. The average Bonchev–Trinajstić information content (AvgIpc) is 2.16. The van der Waals surface area contributed by atoms with Crippen LogP contribution >= 0.6 is 0 Å². The summed E-state index contributed by atoms with van der Waals surface area (Å²) in [6.07, 6.45) is 4.14. The second-order valence-electron chi connectivity index (χ2n) is 4.24. The smallest absolute Gasteiger partial charge is 0.319 e. The lowest BCUT2D eigenvalue weighted by molar-refractivity contribution is -0.114. The van der Waals surface area contributed by atoms with Gasteiger partial charge in [-0.1, -0.05) is 26.2 Å². The van der Waals surface area contributed by atoms with Crippen molar-refractivity contribution in [1.29, 1.82) is 0 Å². The third kappa shape index (κ3) is 3.08. The molecule has 0 bridgehead atoms. The van der Waals surface area contributed by atoms with Gasteiger partial charge in [-0.05, 0) is 20.3 Å². The van der Waals surface area contributed by atoms with Crippen molar-refractivity contribution in [2.75, 3.05) is 0 Å². The van der Waals surface area contributed by atoms with Crippen molar-refractivity contribution < 1.29 is 9.59 Å². The minimum atomic E-state index is -0.205. The van der Waals surface area contributed by atoms with Gasteiger partial charge in [0.1, 0.15) is 0 Å². The normalized spacial score (nSPS) is 20.4. The van der Waals surface area contributed by atoms with Crippen molar-refractivity contribution in [3.8, 4) is 0 Å². The number of urea groups is 1. The molecule has 4 nitrogen and oxygen atoms in total. The highest BCUT2D eigenvalue weighted by atomic mass is 16.2. The SMILES string of the molecule is CCCCCC1NC(=O)NC(C)=C1C(C)=O. The van der Waals surface area contributed by atoms with Gasteiger partial charge < -0.3 is 10.6 Å². The van der Waals surface area contributed by atoms with E-state index in [-0.39, 0.29) is 17.9 Å². The maximum absolute atomic E-state index is 11.5. The van der Waals surface area contributed by atoms with Gasteiger partial charge in [-0.2, -0.15) is 0 Å². The van der Waals surface area contributed by atoms with Crippen LogP contribution in [0.2, 0.25) is 0 Å². The van der Waals surface area contributed by atoms with Crippen molar-refractivity contribution in [2.45, 2.75) is 52.5 Å². The number of Topliss-reactive ketones (excluding diaryl/α,β-unsaturated/α-hetero) is 1. The van der Waals surface area contributed by atoms with E-state index >= 15 is 0 Å². The van der Waals surface area contributed by atoms with Crippen molar-refractivity contribution in [2.24, 2.45) is 0 Å². The van der Waals surface area contributed by atoms with Gasteiger partial charge in [-0.25, -0.2) is 4.79 Å². The van der Waals surface area contributed by atoms with Crippen LogP contribution in [0.1, 0.15) is 46.5 Å². The average molecular weight is 224 g/mol. The number of allylic oxidation sites excluding steroid dienone is 1. The summed E-state index contributed by atoms with van der Waals surface area (Å²) >= 11 is 0. The summed E-state index contributed by atoms with van der Waals surface area (Å²) in [7, 11) is 0. The third-order valence-electron chi connectivity index (χ3n) is 2.83. The zero-order valence-corrected chi connectivity index (χ0v) is 10.2. The van der Waals surface area contributed by atoms with Crippen LogP contribution in [0, 0.1) is 0 Å². The van der Waals surface area contributed by atoms with Gasteiger partial charge in [-0.3, -0.25) is 4.79 Å². The number of carbonyl (C=O) groups excluding carboxylic acids is 2. The van der Waals surface area contributed by atoms with Crippen LogP contribution in [0.4, 0.5) is 4.79 Å². The third-order valence-corrected chi connectivity index (χ3v) is 2.83. The molecule has 1 unspecified atom stereocenters. The molecule has 1 heterocycles. The summed E-state index contributed by atoms with van der Waals surface area (Å²) in [4.78, 5) is 22.8. The van der Waals surface area contributed by atoms with Crippen LogP contribution in [0.3, 0.4) is 0 Å². The maximum atomic E-state index is 11.5. The van der Waals surface area contributed by atoms with Crippen molar-refractivity contribution in [3.05, 3.63) is 11.3 Å². The van der Waals surface area contributed by atoms with E-state index in [9.17, 15) is 9.59 Å². The Kier molecular flexibility index (Phi) is 4.52. The topological polar surface area (TPSA) is 58.2 Å². The first-order valence-electron chi connectivity index (χ1n) is 5.85. The molecule has 2 amide bonds. The Morgan fingerprint density at radius 2 is 2.06 bits per heavy atom. The Labute approximate surface area is 96.5 Å². The largest absolute Gasteiger partial charge is 0.331 e. The van der Waals surface area contributed by atoms with E-state index in [1.54, 1.807) is 13.8 Å². The van der Waals surface area contributed by atoms with Gasteiger partial charge in [-0.15, -0.1) is 0 Å². The Balaban J connectivity index is 2.75. The lowest BCUT2D eigenvalue weighted by Crippen LogP contribution is -2.49. The molecule has 4 heteroatoms. The molecule has 0 saturated heterocycles. The van der Waals surface area contributed by atoms with Gasteiger partial charge in [0, 0.05) is 11.3 Å². The van der Waals surface area contributed by atoms with E-state index in [4.69, 9.17) is 0 Å². The number of ketones is 1. The molecule has 0 aromatic heterocycles. The Morgan fingerprint density at radius 3 is 2.62 bits per heavy atom. The molecule has 0 fully saturated rings. The van der Waals surface area contributed by atoms with E-state index in [1.807, 2.05) is 0 Å². The predicted molar refractivity (Wildman–Crippen MR) is 63.0 cm³/mol. The molecule has 90 valence electrons. The number of unbranched alkanes of at least 4 members (excludes halogenated alkanes) is 2. The number of carbonyl (C=O) groups is 2. The van der Waals surface area contributed by atoms with Crippen molar-refractivity contribution >= 4 is 11.8 Å². The highest BCUT2D eigenvalue weighted by Crippen LogP contribution is 2.18. The number of rotatable bonds is 5. The van der Waals surface area contributed by atoms with Crippen LogP contribution in [0.5, 0.6) is 0 Å². The summed E-state index contributed by atoms with van der Waals surface area (Å²) in [6.45, 7) is 5.46. The predicted octanol–water partition coefficient (Wildman–Crippen LogP) is 2.11. The number of nitrogens with one attached hydrogen (secondary N) is 2. The van der Waals surface area contributed by atoms with E-state index in [0.29, 0.717) is 5.70 Å². The minimum Gasteiger partial charge on any atom is -0.331 e. The molecule has 2 N–H and O–H groups in total. The zero-order chi connectivity index (χ0) is 12.1. The second-order valence-corrected chi connectivity index (χ2v) is 4.24. The summed E-state index contributed by atoms with van der Waals surface area (Å²) in [5.74, 6) is 0.0338. The molecule has 1 aliphatic rings. The molecule has 0 aromatic carbocycles. The van der Waals surface area contributed by atoms with Crippen LogP contribution in [0.15, 0.2) is 11.3 Å². The van der Waals surface area contributed by atoms with Crippen molar-refractivity contribution in [1.82, 2.24) is 10.6 Å². The molecule has 0 aliphatic carbocycles. The van der Waals surface area contributed by atoms with E-state index < -0.39 is 0 Å². The molecule has 0 radical (unpaired) electrons. The number of hydrogen-bond donors (Lipinski definition) is 2. The molecular weight excluding hydrogens is 204 g/mol. The second kappa shape index (κ2) is 5.68. The standard InChI is InChI=1S/C12H20N2O2/c1-4-5-6-7-10-11(9(3)15)8(2)13-12(16)14-10/h10H,4-7H2,1-3H3,(H2,13,14,16). The fourth-order valence-electron chi connectivity index (χ4n) is 2.09. The highest BCUT2D eigenvalue weighted by molar-refractivity contribution is 5.98. The van der Waals surface area contributed by atoms with E-state index in [0.717, 1.165) is 31.3 Å². The van der Waals surface area contributed by atoms with Gasteiger partial charge in [0.2, 0.25) is 0 Å². The van der Waals surface area contributed by atoms with E-state index in [1.165, 1.54) is 0 Å². The van der Waals surface area contributed by atoms with Gasteiger partial charge in [0.25, 0.3) is 0 Å². The number of amides is 2. The molecule has 0 spiro atoms. The minimum absolute atomic E-state index is 0.0338. The van der Waals surface area contributed by atoms with Gasteiger partial charge >= 0.3 is 6.03 Å². The van der Waals surface area contributed by atoms with Crippen LogP contribution in [-0.2, 0) is 4.79 Å². The Bertz CT molecular complexity index is 321. The van der Waals surface area contributed by atoms with Gasteiger partial charge in [0.15, 0.2) is 5.78 Å². The van der Waals surface area contributed by atoms with Crippen LogP contribution in [0.25, 0.3) is 0 Å². The summed E-state index contributed by atoms with van der Waals surface area (Å²) in [5, 5.41) is 5.45. The molecule has 1 aliphatic heterocycles. The fourth-order valence-corrected chi connectivity index (χ4v) is 2.09. The highest BCUT2D eigenvalue weighted by Gasteiger charge is 2.26. The van der Waals surface area contributed by atoms with Crippen molar-refractivity contribution in [3.63, 3.8) is 0 Å². The first-order valence-corrected chi connectivity index (χ1v) is 5.85. The van der Waals surface area contributed by atoms with Crippen LogP contribution < -0.4 is 10.6 Å². The zero-order valence-electron chi connectivity index (χ0n) is 10.2. The first kappa shape index (κ1) is 12.7. The summed E-state index contributed by atoms with van der Waals surface area (Å²) < 4.78 is 0. The maximum Gasteiger partial charge on any atom is 0.319 e. The van der Waals surface area contributed by atoms with Crippen LogP contribution in [-0.4, -0.2) is 17.9 Å². The molecule has 16 heavy (non-hydrogen) atoms. The molecule has 1 rings (SSSR count). The Hall–Kier alpha value is -1.32. The molecule has 0 aromatic rings. The first-order chi connectivity index (χ1) is 7.56. The summed E-state index contributed by atoms with van der Waals surface area (Å²) in [5.41, 5.74) is 1.41. The fraction of sp³-hybridized carbons (Fsp3) is 0.667. The molecular formula is C12H20N2O2. The summed E-state index contributed by atoms with van der Waals surface area (Å²) in [6, 6.07) is -0.318. The van der Waals surface area contributed by atoms with E-state index in [2.05, 4.69) is 17.6 Å². The van der Waals surface area contributed by atoms with Gasteiger partial charge in [0.05, 0.1) is 6.04 Å². The monoisotopic (exact) mass is 224 g/mol. The lowest BCUT2D eigenvalue weighted by atomic mass is 9.95.